The first-order chi connectivity index (χ1) is 5.84. The lowest BCUT2D eigenvalue weighted by molar-refractivity contribution is -0.153. The Morgan fingerprint density at radius 3 is 2.46 bits per heavy atom. The van der Waals surface area contributed by atoms with Crippen molar-refractivity contribution in [2.75, 3.05) is 0 Å². The molecule has 1 saturated heterocycles. The second kappa shape index (κ2) is 3.56. The summed E-state index contributed by atoms with van der Waals surface area (Å²) in [6.07, 6.45) is 0.197. The summed E-state index contributed by atoms with van der Waals surface area (Å²) in [6.45, 7) is 8.01. The quantitative estimate of drug-likeness (QED) is 0.641. The normalized spacial score (nSPS) is 46.8. The van der Waals surface area contributed by atoms with E-state index in [4.69, 9.17) is 10.5 Å². The Balaban J connectivity index is 2.70. The second-order valence-electron chi connectivity index (χ2n) is 4.78. The number of aliphatic hydroxyl groups excluding tert-OH is 1. The Bertz CT molecular complexity index is 180. The fraction of sp³-hybridized carbons (Fsp3) is 1.00. The SMILES string of the molecule is CC(C)[C@H]1C[C@](C)(N)[C@@H](O)[C@H](C)O1. The molecule has 3 nitrogen and oxygen atoms in total. The average molecular weight is 187 g/mol. The molecule has 0 aromatic heterocycles. The molecule has 3 N–H and O–H groups in total. The van der Waals surface area contributed by atoms with Crippen molar-refractivity contribution in [3.8, 4) is 0 Å². The zero-order valence-corrected chi connectivity index (χ0v) is 8.95. The molecule has 0 aromatic rings. The largest absolute Gasteiger partial charge is 0.389 e. The van der Waals surface area contributed by atoms with Crippen LogP contribution in [0.4, 0.5) is 0 Å². The van der Waals surface area contributed by atoms with E-state index in [0.29, 0.717) is 5.92 Å². The number of aliphatic hydroxyl groups is 1. The van der Waals surface area contributed by atoms with Crippen molar-refractivity contribution in [1.82, 2.24) is 0 Å². The summed E-state index contributed by atoms with van der Waals surface area (Å²) in [7, 11) is 0. The number of hydrogen-bond donors (Lipinski definition) is 2. The highest BCUT2D eigenvalue weighted by Crippen LogP contribution is 2.30. The summed E-state index contributed by atoms with van der Waals surface area (Å²) in [6, 6.07) is 0. The van der Waals surface area contributed by atoms with Crippen LogP contribution in [0.2, 0.25) is 0 Å². The van der Waals surface area contributed by atoms with Crippen LogP contribution in [0.5, 0.6) is 0 Å². The zero-order valence-electron chi connectivity index (χ0n) is 8.95. The maximum absolute atomic E-state index is 9.76. The molecule has 1 rings (SSSR count). The first-order valence-corrected chi connectivity index (χ1v) is 4.97. The van der Waals surface area contributed by atoms with Crippen LogP contribution in [0, 0.1) is 5.92 Å². The lowest BCUT2D eigenvalue weighted by Gasteiger charge is -2.44. The minimum atomic E-state index is -0.553. The first kappa shape index (κ1) is 11.0. The van der Waals surface area contributed by atoms with E-state index in [-0.39, 0.29) is 12.2 Å². The molecule has 78 valence electrons. The molecule has 1 heterocycles. The van der Waals surface area contributed by atoms with E-state index < -0.39 is 11.6 Å². The van der Waals surface area contributed by atoms with Gasteiger partial charge in [-0.1, -0.05) is 13.8 Å². The predicted octanol–water partition coefficient (Wildman–Crippen LogP) is 0.898. The second-order valence-corrected chi connectivity index (χ2v) is 4.78. The lowest BCUT2D eigenvalue weighted by Crippen LogP contribution is -2.60. The van der Waals surface area contributed by atoms with Gasteiger partial charge < -0.3 is 15.6 Å². The van der Waals surface area contributed by atoms with Gasteiger partial charge >= 0.3 is 0 Å². The van der Waals surface area contributed by atoms with Crippen LogP contribution in [0.25, 0.3) is 0 Å². The fourth-order valence-electron chi connectivity index (χ4n) is 1.88. The van der Waals surface area contributed by atoms with Crippen LogP contribution in [0.15, 0.2) is 0 Å². The minimum Gasteiger partial charge on any atom is -0.389 e. The summed E-state index contributed by atoms with van der Waals surface area (Å²) in [5.41, 5.74) is 5.50. The van der Waals surface area contributed by atoms with Crippen LogP contribution in [-0.2, 0) is 4.74 Å². The molecule has 1 fully saturated rings. The van der Waals surface area contributed by atoms with Gasteiger partial charge in [-0.15, -0.1) is 0 Å². The fourth-order valence-corrected chi connectivity index (χ4v) is 1.88. The Labute approximate surface area is 80.3 Å². The molecular formula is C10H21NO2. The maximum atomic E-state index is 9.76. The van der Waals surface area contributed by atoms with Crippen molar-refractivity contribution in [3.63, 3.8) is 0 Å². The number of ether oxygens (including phenoxy) is 1. The molecule has 0 spiro atoms. The van der Waals surface area contributed by atoms with Gasteiger partial charge in [0.2, 0.25) is 0 Å². The predicted molar refractivity (Wildman–Crippen MR) is 52.4 cm³/mol. The van der Waals surface area contributed by atoms with Gasteiger partial charge in [-0.25, -0.2) is 0 Å². The zero-order chi connectivity index (χ0) is 10.2. The van der Waals surface area contributed by atoms with Gasteiger partial charge in [-0.05, 0) is 26.2 Å². The molecule has 13 heavy (non-hydrogen) atoms. The number of hydrogen-bond acceptors (Lipinski definition) is 3. The lowest BCUT2D eigenvalue weighted by atomic mass is 9.81. The van der Waals surface area contributed by atoms with Crippen molar-refractivity contribution in [2.24, 2.45) is 11.7 Å². The maximum Gasteiger partial charge on any atom is 0.0976 e. The van der Waals surface area contributed by atoms with Gasteiger partial charge in [-0.3, -0.25) is 0 Å². The molecular weight excluding hydrogens is 166 g/mol. The Kier molecular flexibility index (Phi) is 3.00. The highest BCUT2D eigenvalue weighted by molar-refractivity contribution is 4.97. The van der Waals surface area contributed by atoms with Gasteiger partial charge in [-0.2, -0.15) is 0 Å². The van der Waals surface area contributed by atoms with Gasteiger partial charge in [0.25, 0.3) is 0 Å². The van der Waals surface area contributed by atoms with Crippen molar-refractivity contribution < 1.29 is 9.84 Å². The summed E-state index contributed by atoms with van der Waals surface area (Å²) in [4.78, 5) is 0. The first-order valence-electron chi connectivity index (χ1n) is 4.97. The molecule has 0 aromatic carbocycles. The van der Waals surface area contributed by atoms with E-state index in [1.165, 1.54) is 0 Å². The van der Waals surface area contributed by atoms with E-state index in [0.717, 1.165) is 6.42 Å². The van der Waals surface area contributed by atoms with Gasteiger partial charge in [0, 0.05) is 5.54 Å². The monoisotopic (exact) mass is 187 g/mol. The van der Waals surface area contributed by atoms with E-state index in [9.17, 15) is 5.11 Å². The van der Waals surface area contributed by atoms with Crippen molar-refractivity contribution in [3.05, 3.63) is 0 Å². The molecule has 0 aliphatic carbocycles. The summed E-state index contributed by atoms with van der Waals surface area (Å²) in [5, 5.41) is 9.76. The van der Waals surface area contributed by atoms with E-state index in [1.807, 2.05) is 13.8 Å². The van der Waals surface area contributed by atoms with Gasteiger partial charge in [0.1, 0.15) is 0 Å². The summed E-state index contributed by atoms with van der Waals surface area (Å²) >= 11 is 0. The van der Waals surface area contributed by atoms with Gasteiger partial charge in [0.05, 0.1) is 18.3 Å². The van der Waals surface area contributed by atoms with Crippen molar-refractivity contribution >= 4 is 0 Å². The van der Waals surface area contributed by atoms with E-state index in [2.05, 4.69) is 13.8 Å². The topological polar surface area (TPSA) is 55.5 Å². The molecule has 0 saturated carbocycles. The summed E-state index contributed by atoms with van der Waals surface area (Å²) in [5.74, 6) is 0.456. The molecule has 3 heteroatoms. The molecule has 1 aliphatic heterocycles. The Morgan fingerprint density at radius 1 is 1.54 bits per heavy atom. The minimum absolute atomic E-state index is 0.156. The number of rotatable bonds is 1. The van der Waals surface area contributed by atoms with Crippen LogP contribution >= 0.6 is 0 Å². The number of nitrogens with two attached hydrogens (primary N) is 1. The Hall–Kier alpha value is -0.120. The molecule has 0 unspecified atom stereocenters. The van der Waals surface area contributed by atoms with Crippen molar-refractivity contribution in [1.29, 1.82) is 0 Å². The average Bonchev–Trinajstić information content (AvgIpc) is 1.99. The van der Waals surface area contributed by atoms with Crippen LogP contribution < -0.4 is 5.73 Å². The third-order valence-electron chi connectivity index (χ3n) is 2.89. The van der Waals surface area contributed by atoms with Crippen LogP contribution in [-0.4, -0.2) is 29.0 Å². The smallest absolute Gasteiger partial charge is 0.0976 e. The third-order valence-corrected chi connectivity index (χ3v) is 2.89. The van der Waals surface area contributed by atoms with Crippen LogP contribution in [0.3, 0.4) is 0 Å². The third kappa shape index (κ3) is 2.22. The summed E-state index contributed by atoms with van der Waals surface area (Å²) < 4.78 is 5.67. The highest BCUT2D eigenvalue weighted by atomic mass is 16.5. The molecule has 1 aliphatic rings. The standard InChI is InChI=1S/C10H21NO2/c1-6(2)8-5-10(4,11)9(12)7(3)13-8/h6-9,12H,5,11H2,1-4H3/t7-,8+,9-,10-/m0/s1. The molecule has 0 amide bonds. The van der Waals surface area contributed by atoms with Crippen LogP contribution in [0.1, 0.15) is 34.1 Å². The Morgan fingerprint density at radius 2 is 2.08 bits per heavy atom. The van der Waals surface area contributed by atoms with E-state index >= 15 is 0 Å². The highest BCUT2D eigenvalue weighted by Gasteiger charge is 2.42. The van der Waals surface area contributed by atoms with E-state index in [1.54, 1.807) is 0 Å². The molecule has 0 radical (unpaired) electrons. The molecule has 4 atom stereocenters. The molecule has 0 bridgehead atoms. The van der Waals surface area contributed by atoms with Crippen molar-refractivity contribution in [2.45, 2.75) is 58.0 Å². The van der Waals surface area contributed by atoms with Gasteiger partial charge in [0.15, 0.2) is 0 Å².